The van der Waals surface area contributed by atoms with Crippen molar-refractivity contribution in [1.82, 2.24) is 19.3 Å². The molecular formula is C27H23N5O2S. The fourth-order valence-electron chi connectivity index (χ4n) is 4.91. The lowest BCUT2D eigenvalue weighted by molar-refractivity contribution is -0.118. The Morgan fingerprint density at radius 1 is 1.06 bits per heavy atom. The number of carbonyl (C=O) groups is 1. The molecule has 0 aliphatic carbocycles. The van der Waals surface area contributed by atoms with Crippen molar-refractivity contribution in [3.63, 3.8) is 0 Å². The van der Waals surface area contributed by atoms with Crippen LogP contribution in [0.15, 0.2) is 71.9 Å². The molecule has 0 fully saturated rings. The van der Waals surface area contributed by atoms with Crippen LogP contribution in [0.4, 0.5) is 5.69 Å². The second-order valence-corrected chi connectivity index (χ2v) is 9.23. The molecule has 2 aromatic carbocycles. The number of nitrogens with zero attached hydrogens (tertiary/aromatic N) is 5. The molecule has 0 radical (unpaired) electrons. The van der Waals surface area contributed by atoms with Crippen molar-refractivity contribution >= 4 is 46.0 Å². The van der Waals surface area contributed by atoms with E-state index in [0.717, 1.165) is 56.3 Å². The first-order valence-corrected chi connectivity index (χ1v) is 12.1. The van der Waals surface area contributed by atoms with Crippen LogP contribution in [0.25, 0.3) is 38.6 Å². The van der Waals surface area contributed by atoms with Gasteiger partial charge in [-0.15, -0.1) is 0 Å². The second kappa shape index (κ2) is 8.39. The predicted octanol–water partition coefficient (Wildman–Crippen LogP) is 4.15. The lowest BCUT2D eigenvalue weighted by Gasteiger charge is -2.19. The maximum absolute atomic E-state index is 13.3. The van der Waals surface area contributed by atoms with Crippen LogP contribution in [-0.4, -0.2) is 37.5 Å². The summed E-state index contributed by atoms with van der Waals surface area (Å²) >= 11 is 4.22. The monoisotopic (exact) mass is 481 g/mol. The zero-order chi connectivity index (χ0) is 24.1. The van der Waals surface area contributed by atoms with Gasteiger partial charge in [0.05, 0.1) is 22.9 Å². The molecule has 0 atom stereocenters. The molecule has 5 aromatic rings. The molecule has 0 saturated heterocycles. The van der Waals surface area contributed by atoms with Gasteiger partial charge in [-0.05, 0) is 53.6 Å². The summed E-state index contributed by atoms with van der Waals surface area (Å²) in [6, 6.07) is 15.4. The first-order chi connectivity index (χ1) is 17.0. The molecule has 8 heteroatoms. The van der Waals surface area contributed by atoms with Gasteiger partial charge < -0.3 is 4.90 Å². The Labute approximate surface area is 207 Å². The van der Waals surface area contributed by atoms with Crippen molar-refractivity contribution < 1.29 is 4.79 Å². The number of benzene rings is 2. The normalized spacial score (nSPS) is 13.0. The molecule has 1 aliphatic rings. The average molecular weight is 482 g/mol. The number of anilines is 1. The quantitative estimate of drug-likeness (QED) is 0.309. The number of pyridine rings is 2. The summed E-state index contributed by atoms with van der Waals surface area (Å²) in [5, 5.41) is 6.04. The number of hydrogen-bond acceptors (Lipinski definition) is 5. The second-order valence-electron chi connectivity index (χ2n) is 8.79. The van der Waals surface area contributed by atoms with Gasteiger partial charge in [-0.3, -0.25) is 23.8 Å². The number of carbonyl (C=O) groups excluding carboxylic acids is 1. The van der Waals surface area contributed by atoms with Gasteiger partial charge >= 0.3 is 0 Å². The highest BCUT2D eigenvalue weighted by atomic mass is 32.1. The van der Waals surface area contributed by atoms with Crippen molar-refractivity contribution in [2.45, 2.75) is 12.8 Å². The Kier molecular flexibility index (Phi) is 5.18. The molecule has 0 bridgehead atoms. The highest BCUT2D eigenvalue weighted by Crippen LogP contribution is 2.33. The summed E-state index contributed by atoms with van der Waals surface area (Å²) in [6.07, 6.45) is 6.77. The van der Waals surface area contributed by atoms with E-state index >= 15 is 0 Å². The summed E-state index contributed by atoms with van der Waals surface area (Å²) in [7, 11) is 1.89. The first-order valence-electron chi connectivity index (χ1n) is 11.5. The summed E-state index contributed by atoms with van der Waals surface area (Å²) in [6.45, 7) is 0.650. The van der Waals surface area contributed by atoms with E-state index in [4.69, 9.17) is 0 Å². The van der Waals surface area contributed by atoms with Crippen molar-refractivity contribution in [3.8, 4) is 16.8 Å². The molecule has 7 nitrogen and oxygen atoms in total. The average Bonchev–Trinajstić information content (AvgIpc) is 3.49. The van der Waals surface area contributed by atoms with Crippen molar-refractivity contribution in [3.05, 3.63) is 83.0 Å². The van der Waals surface area contributed by atoms with Crippen LogP contribution in [0, 0.1) is 0 Å². The van der Waals surface area contributed by atoms with Gasteiger partial charge in [0.15, 0.2) is 0 Å². The van der Waals surface area contributed by atoms with Crippen LogP contribution in [0.3, 0.4) is 0 Å². The number of amides is 1. The summed E-state index contributed by atoms with van der Waals surface area (Å²) in [5.41, 5.74) is 6.16. The van der Waals surface area contributed by atoms with Gasteiger partial charge in [0.2, 0.25) is 5.91 Å². The molecule has 174 valence electrons. The van der Waals surface area contributed by atoms with Gasteiger partial charge in [0.25, 0.3) is 5.56 Å². The molecule has 6 rings (SSSR count). The van der Waals surface area contributed by atoms with Gasteiger partial charge in [-0.2, -0.15) is 17.7 Å². The van der Waals surface area contributed by atoms with E-state index in [1.54, 1.807) is 21.5 Å². The van der Waals surface area contributed by atoms with Gasteiger partial charge in [-0.25, -0.2) is 0 Å². The number of aryl methyl sites for hydroxylation is 1. The van der Waals surface area contributed by atoms with Gasteiger partial charge in [-0.1, -0.05) is 12.1 Å². The van der Waals surface area contributed by atoms with E-state index in [9.17, 15) is 9.59 Å². The highest BCUT2D eigenvalue weighted by molar-refractivity contribution is 7.80. The molecule has 0 spiro atoms. The smallest absolute Gasteiger partial charge is 0.255 e. The zero-order valence-corrected chi connectivity index (χ0v) is 20.1. The lowest BCUT2D eigenvalue weighted by atomic mass is 10.0. The van der Waals surface area contributed by atoms with Crippen LogP contribution in [-0.2, 0) is 18.3 Å². The Balaban J connectivity index is 1.59. The number of rotatable bonds is 4. The molecular weight excluding hydrogens is 458 g/mol. The molecule has 0 saturated carbocycles. The molecule has 0 N–H and O–H groups in total. The van der Waals surface area contributed by atoms with E-state index in [-0.39, 0.29) is 11.5 Å². The highest BCUT2D eigenvalue weighted by Gasteiger charge is 2.25. The fraction of sp³-hybridized carbons (Fsp3) is 0.185. The number of hydrogen-bond donors (Lipinski definition) is 1. The van der Waals surface area contributed by atoms with Crippen LogP contribution >= 0.6 is 12.6 Å². The summed E-state index contributed by atoms with van der Waals surface area (Å²) < 4.78 is 3.49. The number of thiol groups is 1. The third-order valence-electron chi connectivity index (χ3n) is 6.60. The van der Waals surface area contributed by atoms with Crippen molar-refractivity contribution in [2.75, 3.05) is 17.2 Å². The zero-order valence-electron chi connectivity index (χ0n) is 19.2. The van der Waals surface area contributed by atoms with Crippen LogP contribution in [0.2, 0.25) is 0 Å². The van der Waals surface area contributed by atoms with Crippen molar-refractivity contribution in [1.29, 1.82) is 0 Å². The standard InChI is InChI=1S/C27H23N5O2S/c1-30-16-20(15-29-30)18-3-6-23-22(12-18)27-19(14-28-23)4-7-26(34)32(27)21-5-2-17-8-10-31(24(17)13-21)25(33)9-11-35/h2-7,12-16,35H,8-11H2,1H3. The van der Waals surface area contributed by atoms with Crippen LogP contribution < -0.4 is 10.5 Å². The molecule has 1 amide bonds. The number of aromatic nitrogens is 4. The topological polar surface area (TPSA) is 73.0 Å². The Hall–Kier alpha value is -3.91. The number of fused-ring (bicyclic) bond motifs is 4. The van der Waals surface area contributed by atoms with Gasteiger partial charge in [0, 0.05) is 60.5 Å². The minimum Gasteiger partial charge on any atom is -0.312 e. The Bertz CT molecular complexity index is 1690. The van der Waals surface area contributed by atoms with E-state index in [1.165, 1.54) is 0 Å². The predicted molar refractivity (Wildman–Crippen MR) is 142 cm³/mol. The van der Waals surface area contributed by atoms with E-state index in [1.807, 2.05) is 60.7 Å². The molecule has 4 heterocycles. The molecule has 35 heavy (non-hydrogen) atoms. The molecule has 0 unspecified atom stereocenters. The fourth-order valence-corrected chi connectivity index (χ4v) is 5.11. The summed E-state index contributed by atoms with van der Waals surface area (Å²) in [4.78, 5) is 32.4. The summed E-state index contributed by atoms with van der Waals surface area (Å²) in [5.74, 6) is 0.558. The first kappa shape index (κ1) is 21.6. The SMILES string of the molecule is Cn1cc(-c2ccc3ncc4ccc(=O)n(-c5ccc6c(c5)N(C(=O)CCS)CC6)c4c3c2)cn1. The van der Waals surface area contributed by atoms with Crippen LogP contribution in [0.1, 0.15) is 12.0 Å². The molecule has 1 aliphatic heterocycles. The third-order valence-corrected chi connectivity index (χ3v) is 6.83. The van der Waals surface area contributed by atoms with E-state index in [2.05, 4.69) is 28.8 Å². The Morgan fingerprint density at radius 3 is 2.74 bits per heavy atom. The maximum Gasteiger partial charge on any atom is 0.255 e. The largest absolute Gasteiger partial charge is 0.312 e. The lowest BCUT2D eigenvalue weighted by Crippen LogP contribution is -2.29. The minimum atomic E-state index is -0.136. The third kappa shape index (κ3) is 3.61. The van der Waals surface area contributed by atoms with Crippen molar-refractivity contribution in [2.24, 2.45) is 7.05 Å². The van der Waals surface area contributed by atoms with E-state index < -0.39 is 0 Å². The minimum absolute atomic E-state index is 0.0527. The van der Waals surface area contributed by atoms with Gasteiger partial charge in [0.1, 0.15) is 0 Å². The maximum atomic E-state index is 13.3. The molecule has 3 aromatic heterocycles. The Morgan fingerprint density at radius 2 is 1.94 bits per heavy atom. The van der Waals surface area contributed by atoms with E-state index in [0.29, 0.717) is 18.7 Å². The van der Waals surface area contributed by atoms with Crippen LogP contribution in [0.5, 0.6) is 0 Å².